The molecule has 3 rings (SSSR count). The van der Waals surface area contributed by atoms with Gasteiger partial charge in [0.25, 0.3) is 0 Å². The number of hydrogen-bond acceptors (Lipinski definition) is 4. The van der Waals surface area contributed by atoms with Gasteiger partial charge in [0.2, 0.25) is 11.8 Å². The zero-order valence-corrected chi connectivity index (χ0v) is 16.9. The van der Waals surface area contributed by atoms with E-state index in [4.69, 9.17) is 4.42 Å². The molecule has 0 bridgehead atoms. The number of carbonyl (C=O) groups is 2. The summed E-state index contributed by atoms with van der Waals surface area (Å²) in [5, 5.41) is 0. The predicted octanol–water partition coefficient (Wildman–Crippen LogP) is 3.00. The zero-order chi connectivity index (χ0) is 20.1. The zero-order valence-electron chi connectivity index (χ0n) is 16.9. The smallest absolute Gasteiger partial charge is 0.241 e. The summed E-state index contributed by atoms with van der Waals surface area (Å²) in [5.41, 5.74) is 0.482. The van der Waals surface area contributed by atoms with E-state index in [1.165, 1.54) is 0 Å². The second-order valence-electron chi connectivity index (χ2n) is 8.21. The van der Waals surface area contributed by atoms with Gasteiger partial charge in [-0.3, -0.25) is 14.5 Å². The van der Waals surface area contributed by atoms with Crippen LogP contribution in [0.4, 0.5) is 5.69 Å². The summed E-state index contributed by atoms with van der Waals surface area (Å²) in [6.07, 6.45) is 1.62. The van der Waals surface area contributed by atoms with Gasteiger partial charge in [0.1, 0.15) is 5.76 Å². The Labute approximate surface area is 166 Å². The number of nitrogens with zero attached hydrogens (tertiary/aromatic N) is 3. The number of piperazine rings is 1. The Bertz CT molecular complexity index is 773. The maximum Gasteiger partial charge on any atom is 0.241 e. The van der Waals surface area contributed by atoms with Crippen molar-refractivity contribution in [3.05, 3.63) is 54.5 Å². The lowest BCUT2D eigenvalue weighted by Crippen LogP contribution is -2.53. The van der Waals surface area contributed by atoms with Gasteiger partial charge in [-0.05, 0) is 24.3 Å². The van der Waals surface area contributed by atoms with E-state index in [0.29, 0.717) is 39.3 Å². The van der Waals surface area contributed by atoms with Crippen LogP contribution < -0.4 is 4.90 Å². The summed E-state index contributed by atoms with van der Waals surface area (Å²) in [6.45, 7) is 9.28. The van der Waals surface area contributed by atoms with Gasteiger partial charge in [0.05, 0.1) is 19.4 Å². The van der Waals surface area contributed by atoms with E-state index in [-0.39, 0.29) is 17.2 Å². The molecular formula is C22H29N3O3. The fourth-order valence-electron chi connectivity index (χ4n) is 3.35. The van der Waals surface area contributed by atoms with Gasteiger partial charge in [-0.25, -0.2) is 0 Å². The fraction of sp³-hybridized carbons (Fsp3) is 0.455. The lowest BCUT2D eigenvalue weighted by Gasteiger charge is -2.38. The van der Waals surface area contributed by atoms with Gasteiger partial charge in [-0.1, -0.05) is 39.0 Å². The molecule has 2 aromatic rings. The third-order valence-electron chi connectivity index (χ3n) is 4.92. The van der Waals surface area contributed by atoms with E-state index >= 15 is 0 Å². The van der Waals surface area contributed by atoms with Crippen LogP contribution in [0.3, 0.4) is 0 Å². The van der Waals surface area contributed by atoms with Crippen LogP contribution in [0, 0.1) is 5.41 Å². The summed E-state index contributed by atoms with van der Waals surface area (Å²) in [7, 11) is 0. The molecule has 6 nitrogen and oxygen atoms in total. The Morgan fingerprint density at radius 3 is 2.25 bits per heavy atom. The molecule has 0 atom stereocenters. The first kappa shape index (κ1) is 20.1. The molecule has 1 fully saturated rings. The van der Waals surface area contributed by atoms with Crippen LogP contribution >= 0.6 is 0 Å². The Morgan fingerprint density at radius 1 is 1.00 bits per heavy atom. The van der Waals surface area contributed by atoms with Crippen molar-refractivity contribution in [2.75, 3.05) is 37.6 Å². The molecule has 1 aliphatic heterocycles. The molecule has 6 heteroatoms. The lowest BCUT2D eigenvalue weighted by molar-refractivity contribution is -0.141. The van der Waals surface area contributed by atoms with E-state index in [1.54, 1.807) is 11.2 Å². The number of carbonyl (C=O) groups excluding carboxylic acids is 2. The van der Waals surface area contributed by atoms with Gasteiger partial charge in [-0.2, -0.15) is 0 Å². The van der Waals surface area contributed by atoms with Crippen molar-refractivity contribution in [1.82, 2.24) is 9.80 Å². The number of para-hydroxylation sites is 1. The minimum atomic E-state index is -0.370. The SMILES string of the molecule is CC(C)(C)C(=O)N1CCN(CC(=O)N(Cc2ccco2)c2ccccc2)CC1. The van der Waals surface area contributed by atoms with Crippen LogP contribution in [0.2, 0.25) is 0 Å². The number of amides is 2. The third kappa shape index (κ3) is 5.01. The second kappa shape index (κ2) is 8.61. The number of furan rings is 1. The third-order valence-corrected chi connectivity index (χ3v) is 4.92. The van der Waals surface area contributed by atoms with E-state index in [2.05, 4.69) is 4.90 Å². The minimum absolute atomic E-state index is 0.0261. The number of benzene rings is 1. The van der Waals surface area contributed by atoms with E-state index in [9.17, 15) is 9.59 Å². The van der Waals surface area contributed by atoms with Gasteiger partial charge in [0.15, 0.2) is 0 Å². The van der Waals surface area contributed by atoms with E-state index in [0.717, 1.165) is 11.4 Å². The molecule has 0 unspecified atom stereocenters. The molecule has 28 heavy (non-hydrogen) atoms. The molecule has 2 amide bonds. The highest BCUT2D eigenvalue weighted by atomic mass is 16.3. The van der Waals surface area contributed by atoms with Gasteiger partial charge < -0.3 is 14.2 Å². The van der Waals surface area contributed by atoms with E-state index in [1.807, 2.05) is 68.1 Å². The standard InChI is InChI=1S/C22H29N3O3/c1-22(2,3)21(27)24-13-11-23(12-14-24)17-20(26)25(16-19-10-7-15-28-19)18-8-5-4-6-9-18/h4-10,15H,11-14,16-17H2,1-3H3. The number of rotatable bonds is 5. The Hall–Kier alpha value is -2.60. The first-order valence-electron chi connectivity index (χ1n) is 9.74. The van der Waals surface area contributed by atoms with Crippen LogP contribution in [-0.4, -0.2) is 54.3 Å². The summed E-state index contributed by atoms with van der Waals surface area (Å²) in [4.78, 5) is 31.3. The highest BCUT2D eigenvalue weighted by Gasteiger charge is 2.30. The molecule has 0 aliphatic carbocycles. The van der Waals surface area contributed by atoms with Crippen molar-refractivity contribution >= 4 is 17.5 Å². The van der Waals surface area contributed by atoms with Gasteiger partial charge in [0, 0.05) is 37.3 Å². The average Bonchev–Trinajstić information content (AvgIpc) is 3.19. The maximum atomic E-state index is 13.1. The van der Waals surface area contributed by atoms with Crippen molar-refractivity contribution in [2.24, 2.45) is 5.41 Å². The Balaban J connectivity index is 1.62. The molecular weight excluding hydrogens is 354 g/mol. The Kier molecular flexibility index (Phi) is 6.19. The molecule has 1 aliphatic rings. The number of hydrogen-bond donors (Lipinski definition) is 0. The van der Waals surface area contributed by atoms with Crippen LogP contribution in [0.1, 0.15) is 26.5 Å². The molecule has 1 saturated heterocycles. The largest absolute Gasteiger partial charge is 0.467 e. The molecule has 2 heterocycles. The second-order valence-corrected chi connectivity index (χ2v) is 8.21. The lowest BCUT2D eigenvalue weighted by atomic mass is 9.94. The number of anilines is 1. The minimum Gasteiger partial charge on any atom is -0.467 e. The molecule has 0 radical (unpaired) electrons. The van der Waals surface area contributed by atoms with E-state index < -0.39 is 0 Å². The normalized spacial score (nSPS) is 15.5. The first-order chi connectivity index (χ1) is 13.3. The van der Waals surface area contributed by atoms with Crippen molar-refractivity contribution in [3.8, 4) is 0 Å². The summed E-state index contributed by atoms with van der Waals surface area (Å²) in [6, 6.07) is 13.4. The molecule has 1 aromatic heterocycles. The molecule has 0 saturated carbocycles. The highest BCUT2D eigenvalue weighted by molar-refractivity contribution is 5.94. The molecule has 1 aromatic carbocycles. The summed E-state index contributed by atoms with van der Waals surface area (Å²) >= 11 is 0. The molecule has 150 valence electrons. The Morgan fingerprint density at radius 2 is 1.68 bits per heavy atom. The summed E-state index contributed by atoms with van der Waals surface area (Å²) in [5.74, 6) is 0.943. The first-order valence-corrected chi connectivity index (χ1v) is 9.74. The van der Waals surface area contributed by atoms with Crippen molar-refractivity contribution in [2.45, 2.75) is 27.3 Å². The molecule has 0 spiro atoms. The summed E-state index contributed by atoms with van der Waals surface area (Å²) < 4.78 is 5.45. The van der Waals surface area contributed by atoms with Crippen molar-refractivity contribution < 1.29 is 14.0 Å². The predicted molar refractivity (Wildman–Crippen MR) is 109 cm³/mol. The van der Waals surface area contributed by atoms with Gasteiger partial charge >= 0.3 is 0 Å². The van der Waals surface area contributed by atoms with Crippen LogP contribution in [0.5, 0.6) is 0 Å². The van der Waals surface area contributed by atoms with Gasteiger partial charge in [-0.15, -0.1) is 0 Å². The monoisotopic (exact) mass is 383 g/mol. The maximum absolute atomic E-state index is 13.1. The average molecular weight is 383 g/mol. The van der Waals surface area contributed by atoms with Crippen LogP contribution in [0.15, 0.2) is 53.1 Å². The van der Waals surface area contributed by atoms with Crippen LogP contribution in [-0.2, 0) is 16.1 Å². The quantitative estimate of drug-likeness (QED) is 0.796. The van der Waals surface area contributed by atoms with Crippen LogP contribution in [0.25, 0.3) is 0 Å². The van der Waals surface area contributed by atoms with Crippen molar-refractivity contribution in [3.63, 3.8) is 0 Å². The fourth-order valence-corrected chi connectivity index (χ4v) is 3.35. The topological polar surface area (TPSA) is 57.0 Å². The van der Waals surface area contributed by atoms with Crippen molar-refractivity contribution in [1.29, 1.82) is 0 Å². The molecule has 0 N–H and O–H groups in total. The highest BCUT2D eigenvalue weighted by Crippen LogP contribution is 2.20.